The molecule has 1 aromatic carbocycles. The van der Waals surface area contributed by atoms with Gasteiger partial charge < -0.3 is 9.09 Å². The van der Waals surface area contributed by atoms with Crippen LogP contribution in [-0.2, 0) is 12.4 Å². The Balaban J connectivity index is 2.14. The van der Waals surface area contributed by atoms with Crippen LogP contribution in [0.2, 0.25) is 0 Å². The van der Waals surface area contributed by atoms with E-state index in [2.05, 4.69) is 31.1 Å². The Kier molecular flexibility index (Phi) is 3.47. The number of rotatable bonds is 3. The van der Waals surface area contributed by atoms with Gasteiger partial charge in [-0.05, 0) is 28.9 Å². The molecule has 0 bridgehead atoms. The Labute approximate surface area is 126 Å². The summed E-state index contributed by atoms with van der Waals surface area (Å²) in [5.41, 5.74) is 1.29. The van der Waals surface area contributed by atoms with Crippen molar-refractivity contribution in [1.82, 2.24) is 19.7 Å². The minimum Gasteiger partial charge on any atom is -0.337 e. The third kappa shape index (κ3) is 2.31. The first kappa shape index (κ1) is 13.5. The van der Waals surface area contributed by atoms with Crippen molar-refractivity contribution < 1.29 is 8.91 Å². The quantitative estimate of drug-likeness (QED) is 0.672. The molecule has 0 radical (unpaired) electrons. The molecule has 0 aliphatic rings. The number of halogens is 3. The van der Waals surface area contributed by atoms with Crippen molar-refractivity contribution in [3.8, 4) is 0 Å². The second kappa shape index (κ2) is 5.14. The van der Waals surface area contributed by atoms with Crippen molar-refractivity contribution in [2.75, 3.05) is 0 Å². The Morgan fingerprint density at radius 2 is 2.20 bits per heavy atom. The fourth-order valence-electron chi connectivity index (χ4n) is 1.99. The molecule has 0 N–H and O–H groups in total. The maximum Gasteiger partial charge on any atom is 0.246 e. The van der Waals surface area contributed by atoms with Gasteiger partial charge in [-0.25, -0.2) is 9.37 Å². The predicted molar refractivity (Wildman–Crippen MR) is 75.1 cm³/mol. The highest BCUT2D eigenvalue weighted by molar-refractivity contribution is 9.10. The first-order valence-electron chi connectivity index (χ1n) is 5.78. The highest BCUT2D eigenvalue weighted by Gasteiger charge is 2.15. The molecule has 0 aliphatic heterocycles. The summed E-state index contributed by atoms with van der Waals surface area (Å²) in [6.07, 6.45) is 0. The zero-order valence-electron chi connectivity index (χ0n) is 10.4. The van der Waals surface area contributed by atoms with Gasteiger partial charge in [0, 0.05) is 6.07 Å². The molecule has 0 atom stereocenters. The van der Waals surface area contributed by atoms with Crippen molar-refractivity contribution in [1.29, 1.82) is 0 Å². The van der Waals surface area contributed by atoms with Crippen molar-refractivity contribution >= 4 is 38.6 Å². The number of aryl methyl sites for hydroxylation is 1. The van der Waals surface area contributed by atoms with E-state index in [1.165, 1.54) is 6.07 Å². The number of imidazole rings is 1. The normalized spacial score (nSPS) is 11.4. The van der Waals surface area contributed by atoms with Crippen LogP contribution in [0.3, 0.4) is 0 Å². The first-order valence-corrected chi connectivity index (χ1v) is 7.10. The highest BCUT2D eigenvalue weighted by atomic mass is 79.9. The Morgan fingerprint density at radius 3 is 2.85 bits per heavy atom. The fourth-order valence-corrected chi connectivity index (χ4v) is 2.52. The van der Waals surface area contributed by atoms with Crippen molar-refractivity contribution in [3.63, 3.8) is 0 Å². The molecule has 3 aromatic rings. The molecule has 0 amide bonds. The smallest absolute Gasteiger partial charge is 0.246 e. The number of hydrogen-bond donors (Lipinski definition) is 0. The van der Waals surface area contributed by atoms with Crippen molar-refractivity contribution in [2.24, 2.45) is 0 Å². The Morgan fingerprint density at radius 1 is 1.40 bits per heavy atom. The molecule has 0 unspecified atom stereocenters. The molecule has 0 saturated carbocycles. The van der Waals surface area contributed by atoms with Gasteiger partial charge in [-0.3, -0.25) is 0 Å². The lowest BCUT2D eigenvalue weighted by Crippen LogP contribution is -2.04. The molecule has 20 heavy (non-hydrogen) atoms. The molecule has 0 spiro atoms. The number of nitrogens with zero attached hydrogens (tertiary/aromatic N) is 4. The zero-order valence-corrected chi connectivity index (χ0v) is 12.7. The number of fused-ring (bicyclic) bond motifs is 1. The second-order valence-corrected chi connectivity index (χ2v) is 5.36. The molecule has 2 aromatic heterocycles. The van der Waals surface area contributed by atoms with Crippen molar-refractivity contribution in [3.05, 3.63) is 40.0 Å². The van der Waals surface area contributed by atoms with Crippen LogP contribution in [0.5, 0.6) is 0 Å². The van der Waals surface area contributed by atoms with Crippen LogP contribution in [-0.4, -0.2) is 19.7 Å². The lowest BCUT2D eigenvalue weighted by molar-refractivity contribution is 0.368. The summed E-state index contributed by atoms with van der Waals surface area (Å²) in [5, 5.41) is 3.73. The maximum atomic E-state index is 13.7. The summed E-state index contributed by atoms with van der Waals surface area (Å²) < 4.78 is 20.9. The van der Waals surface area contributed by atoms with Gasteiger partial charge in [0.2, 0.25) is 5.89 Å². The monoisotopic (exact) mass is 358 g/mol. The van der Waals surface area contributed by atoms with Crippen LogP contribution in [0.15, 0.2) is 21.1 Å². The van der Waals surface area contributed by atoms with E-state index in [4.69, 9.17) is 16.1 Å². The van der Waals surface area contributed by atoms with E-state index in [1.54, 1.807) is 17.6 Å². The minimum atomic E-state index is -0.360. The highest BCUT2D eigenvalue weighted by Crippen LogP contribution is 2.25. The van der Waals surface area contributed by atoms with E-state index in [9.17, 15) is 4.39 Å². The summed E-state index contributed by atoms with van der Waals surface area (Å²) in [7, 11) is 0. The number of aromatic nitrogens is 4. The molecule has 8 heteroatoms. The van der Waals surface area contributed by atoms with E-state index < -0.39 is 0 Å². The van der Waals surface area contributed by atoms with Crippen molar-refractivity contribution in [2.45, 2.75) is 19.3 Å². The average molecular weight is 360 g/mol. The third-order valence-electron chi connectivity index (χ3n) is 2.85. The predicted octanol–water partition coefficient (Wildman–Crippen LogP) is 3.42. The third-order valence-corrected chi connectivity index (χ3v) is 3.70. The van der Waals surface area contributed by atoms with Crippen LogP contribution in [0.25, 0.3) is 11.0 Å². The van der Waals surface area contributed by atoms with Gasteiger partial charge in [-0.1, -0.05) is 5.16 Å². The molecule has 3 rings (SSSR count). The van der Waals surface area contributed by atoms with Gasteiger partial charge in [-0.15, -0.1) is 11.6 Å². The molecule has 0 saturated heterocycles. The van der Waals surface area contributed by atoms with Gasteiger partial charge in [0.1, 0.15) is 18.2 Å². The van der Waals surface area contributed by atoms with E-state index in [-0.39, 0.29) is 11.7 Å². The lowest BCUT2D eigenvalue weighted by Gasteiger charge is -2.04. The van der Waals surface area contributed by atoms with Crippen LogP contribution in [0.4, 0.5) is 4.39 Å². The Hall–Kier alpha value is -1.47. The summed E-state index contributed by atoms with van der Waals surface area (Å²) >= 11 is 9.04. The maximum absolute atomic E-state index is 13.7. The molecule has 0 fully saturated rings. The van der Waals surface area contributed by atoms with Gasteiger partial charge in [0.15, 0.2) is 5.82 Å². The van der Waals surface area contributed by atoms with E-state index >= 15 is 0 Å². The van der Waals surface area contributed by atoms with Gasteiger partial charge >= 0.3 is 0 Å². The topological polar surface area (TPSA) is 56.7 Å². The number of hydrogen-bond acceptors (Lipinski definition) is 4. The molecule has 2 heterocycles. The second-order valence-electron chi connectivity index (χ2n) is 4.24. The summed E-state index contributed by atoms with van der Waals surface area (Å²) in [5.74, 6) is 1.44. The number of alkyl halides is 1. The standard InChI is InChI=1S/C12H9BrClFN4O/c1-6-16-12(20-18-6)5-19-10-3-8(15)7(13)2-9(10)17-11(19)4-14/h2-3H,4-5H2,1H3. The minimum absolute atomic E-state index is 0.209. The van der Waals surface area contributed by atoms with E-state index in [0.29, 0.717) is 39.6 Å². The summed E-state index contributed by atoms with van der Waals surface area (Å²) in [4.78, 5) is 8.52. The Bertz CT molecular complexity index is 785. The van der Waals surface area contributed by atoms with Crippen LogP contribution >= 0.6 is 27.5 Å². The SMILES string of the molecule is Cc1noc(Cn2c(CCl)nc3cc(Br)c(F)cc32)n1. The van der Waals surface area contributed by atoms with E-state index in [1.807, 2.05) is 0 Å². The summed E-state index contributed by atoms with van der Waals surface area (Å²) in [6.45, 7) is 2.04. The van der Waals surface area contributed by atoms with Gasteiger partial charge in [0.25, 0.3) is 0 Å². The number of benzene rings is 1. The molecule has 0 aliphatic carbocycles. The van der Waals surface area contributed by atoms with Crippen LogP contribution < -0.4 is 0 Å². The zero-order chi connectivity index (χ0) is 14.3. The van der Waals surface area contributed by atoms with Gasteiger partial charge in [-0.2, -0.15) is 4.98 Å². The molecule has 5 nitrogen and oxygen atoms in total. The summed E-state index contributed by atoms with van der Waals surface area (Å²) in [6, 6.07) is 3.03. The lowest BCUT2D eigenvalue weighted by atomic mass is 10.3. The van der Waals surface area contributed by atoms with Crippen LogP contribution in [0.1, 0.15) is 17.5 Å². The van der Waals surface area contributed by atoms with Crippen LogP contribution in [0, 0.1) is 12.7 Å². The molecular weight excluding hydrogens is 351 g/mol. The average Bonchev–Trinajstić information content (AvgIpc) is 2.96. The van der Waals surface area contributed by atoms with E-state index in [0.717, 1.165) is 0 Å². The fraction of sp³-hybridized carbons (Fsp3) is 0.250. The first-order chi connectivity index (χ1) is 9.58. The van der Waals surface area contributed by atoms with Gasteiger partial charge in [0.05, 0.1) is 21.4 Å². The molecular formula is C12H9BrClFN4O. The largest absolute Gasteiger partial charge is 0.337 e. The molecule has 104 valence electrons.